The summed E-state index contributed by atoms with van der Waals surface area (Å²) in [6.07, 6.45) is -2.93. The van der Waals surface area contributed by atoms with Gasteiger partial charge in [-0.1, -0.05) is 13.8 Å². The molecule has 0 radical (unpaired) electrons. The predicted octanol–water partition coefficient (Wildman–Crippen LogP) is 4.48. The van der Waals surface area contributed by atoms with Gasteiger partial charge in [0.25, 0.3) is 5.91 Å². The summed E-state index contributed by atoms with van der Waals surface area (Å²) in [7, 11) is 1.43. The molecule has 2 aromatic rings. The van der Waals surface area contributed by atoms with E-state index in [1.54, 1.807) is 4.90 Å². The average Bonchev–Trinajstić information content (AvgIpc) is 3.14. The molecule has 1 saturated heterocycles. The minimum atomic E-state index is -4.56. The molecule has 3 heterocycles. The summed E-state index contributed by atoms with van der Waals surface area (Å²) in [5.41, 5.74) is -0.585. The molecule has 1 aliphatic heterocycles. The van der Waals surface area contributed by atoms with Crippen LogP contribution in [0.4, 0.5) is 19.0 Å². The molecule has 0 aromatic carbocycles. The van der Waals surface area contributed by atoms with Crippen molar-refractivity contribution >= 4 is 39.2 Å². The largest absolute Gasteiger partial charge is 0.465 e. The molecule has 2 aromatic heterocycles. The van der Waals surface area contributed by atoms with Crippen molar-refractivity contribution in [1.29, 1.82) is 0 Å². The van der Waals surface area contributed by atoms with Crippen LogP contribution in [0.2, 0.25) is 0 Å². The van der Waals surface area contributed by atoms with E-state index in [2.05, 4.69) is 10.3 Å². The highest BCUT2D eigenvalue weighted by molar-refractivity contribution is 7.17. The molecule has 3 rings (SSSR count). The Morgan fingerprint density at radius 3 is 2.58 bits per heavy atom. The first-order valence-corrected chi connectivity index (χ1v) is 11.1. The van der Waals surface area contributed by atoms with Crippen LogP contribution in [-0.2, 0) is 15.7 Å². The first-order chi connectivity index (χ1) is 14.6. The molecule has 0 aliphatic carbocycles. The Labute approximate surface area is 182 Å². The van der Waals surface area contributed by atoms with Crippen molar-refractivity contribution in [3.8, 4) is 0 Å². The van der Waals surface area contributed by atoms with E-state index in [0.29, 0.717) is 39.0 Å². The Balaban J connectivity index is 1.79. The number of aromatic nitrogens is 1. The molecular formula is C21H26F3N3O3S. The Hall–Kier alpha value is -2.36. The van der Waals surface area contributed by atoms with Crippen LogP contribution in [0.15, 0.2) is 11.4 Å². The maximum Gasteiger partial charge on any atom is 0.417 e. The van der Waals surface area contributed by atoms with Crippen LogP contribution in [0, 0.1) is 11.8 Å². The smallest absolute Gasteiger partial charge is 0.417 e. The maximum absolute atomic E-state index is 13.7. The lowest BCUT2D eigenvalue weighted by Gasteiger charge is -2.33. The van der Waals surface area contributed by atoms with Crippen LogP contribution in [0.3, 0.4) is 0 Å². The summed E-state index contributed by atoms with van der Waals surface area (Å²) in [5, 5.41) is 3.85. The number of thiophene rings is 1. The number of carbonyl (C=O) groups is 2. The number of hydrogen-bond donors (Lipinski definition) is 1. The van der Waals surface area contributed by atoms with E-state index in [4.69, 9.17) is 4.74 Å². The van der Waals surface area contributed by atoms with Gasteiger partial charge in [0, 0.05) is 31.9 Å². The average molecular weight is 458 g/mol. The van der Waals surface area contributed by atoms with E-state index in [9.17, 15) is 22.8 Å². The van der Waals surface area contributed by atoms with Crippen molar-refractivity contribution in [3.05, 3.63) is 22.6 Å². The quantitative estimate of drug-likeness (QED) is 0.648. The number of piperidine rings is 1. The highest BCUT2D eigenvalue weighted by atomic mass is 32.1. The van der Waals surface area contributed by atoms with E-state index in [1.165, 1.54) is 12.4 Å². The molecule has 6 nitrogen and oxygen atoms in total. The predicted molar refractivity (Wildman–Crippen MR) is 113 cm³/mol. The van der Waals surface area contributed by atoms with Gasteiger partial charge >= 0.3 is 12.1 Å². The maximum atomic E-state index is 13.7. The molecule has 1 fully saturated rings. The van der Waals surface area contributed by atoms with Gasteiger partial charge in [-0.15, -0.1) is 11.3 Å². The van der Waals surface area contributed by atoms with Crippen molar-refractivity contribution in [1.82, 2.24) is 10.3 Å². The van der Waals surface area contributed by atoms with Crippen molar-refractivity contribution in [2.45, 2.75) is 39.3 Å². The summed E-state index contributed by atoms with van der Waals surface area (Å²) in [5.74, 6) is -0.109. The third kappa shape index (κ3) is 5.47. The van der Waals surface area contributed by atoms with Gasteiger partial charge in [-0.05, 0) is 30.7 Å². The number of nitrogens with one attached hydrogen (secondary N) is 1. The summed E-state index contributed by atoms with van der Waals surface area (Å²) in [6, 6.07) is 1.06. The fraction of sp³-hybridized carbons (Fsp3) is 0.571. The fourth-order valence-electron chi connectivity index (χ4n) is 3.58. The van der Waals surface area contributed by atoms with Gasteiger partial charge in [0.1, 0.15) is 5.82 Å². The number of halogens is 3. The highest BCUT2D eigenvalue weighted by Crippen LogP contribution is 2.40. The van der Waals surface area contributed by atoms with Crippen molar-refractivity contribution in [2.24, 2.45) is 11.8 Å². The number of carbonyl (C=O) groups excluding carboxylic acids is 2. The number of hydrogen-bond acceptors (Lipinski definition) is 6. The van der Waals surface area contributed by atoms with Gasteiger partial charge in [-0.25, -0.2) is 4.98 Å². The molecule has 31 heavy (non-hydrogen) atoms. The van der Waals surface area contributed by atoms with Gasteiger partial charge < -0.3 is 15.0 Å². The summed E-state index contributed by atoms with van der Waals surface area (Å²) in [4.78, 5) is 30.3. The Kier molecular flexibility index (Phi) is 7.08. The number of fused-ring (bicyclic) bond motifs is 1. The molecule has 10 heteroatoms. The lowest BCUT2D eigenvalue weighted by Crippen LogP contribution is -2.35. The molecule has 0 atom stereocenters. The number of esters is 1. The summed E-state index contributed by atoms with van der Waals surface area (Å²) < 4.78 is 46.3. The van der Waals surface area contributed by atoms with E-state index in [0.717, 1.165) is 17.4 Å². The van der Waals surface area contributed by atoms with Crippen LogP contribution in [0.1, 0.15) is 49.0 Å². The number of nitrogens with zero attached hydrogens (tertiary/aromatic N) is 2. The minimum absolute atomic E-state index is 0.0439. The number of amides is 1. The zero-order chi connectivity index (χ0) is 22.8. The van der Waals surface area contributed by atoms with E-state index >= 15 is 0 Å². The second-order valence-electron chi connectivity index (χ2n) is 8.14. The van der Waals surface area contributed by atoms with Crippen LogP contribution in [0.25, 0.3) is 10.2 Å². The summed E-state index contributed by atoms with van der Waals surface area (Å²) >= 11 is 0.867. The number of pyridine rings is 1. The lowest BCUT2D eigenvalue weighted by atomic mass is 9.93. The van der Waals surface area contributed by atoms with E-state index in [-0.39, 0.29) is 39.4 Å². The SMILES string of the molecule is CNC(=O)c1csc2c(C(F)(F)F)cc(N3CCC(CC(=O)OCC(C)C)CC3)nc12. The Morgan fingerprint density at radius 2 is 2.00 bits per heavy atom. The van der Waals surface area contributed by atoms with Crippen LogP contribution in [-0.4, -0.2) is 43.6 Å². The lowest BCUT2D eigenvalue weighted by molar-refractivity contribution is -0.146. The van der Waals surface area contributed by atoms with Gasteiger partial charge in [-0.3, -0.25) is 9.59 Å². The first-order valence-electron chi connectivity index (χ1n) is 10.2. The Morgan fingerprint density at radius 1 is 1.32 bits per heavy atom. The van der Waals surface area contributed by atoms with Crippen molar-refractivity contribution in [2.75, 3.05) is 31.6 Å². The van der Waals surface area contributed by atoms with Gasteiger partial charge in [0.05, 0.1) is 28.0 Å². The van der Waals surface area contributed by atoms with E-state index < -0.39 is 17.6 Å². The Bertz CT molecular complexity index is 950. The van der Waals surface area contributed by atoms with E-state index in [1.807, 2.05) is 13.8 Å². The summed E-state index contributed by atoms with van der Waals surface area (Å²) in [6.45, 7) is 5.28. The second kappa shape index (κ2) is 9.42. The third-order valence-corrected chi connectivity index (χ3v) is 6.26. The third-order valence-electron chi connectivity index (χ3n) is 5.26. The molecule has 170 valence electrons. The monoisotopic (exact) mass is 457 g/mol. The number of rotatable bonds is 6. The van der Waals surface area contributed by atoms with Gasteiger partial charge in [0.2, 0.25) is 0 Å². The zero-order valence-corrected chi connectivity index (χ0v) is 18.5. The minimum Gasteiger partial charge on any atom is -0.465 e. The normalized spacial score (nSPS) is 15.5. The second-order valence-corrected chi connectivity index (χ2v) is 9.02. The fourth-order valence-corrected chi connectivity index (χ4v) is 4.61. The van der Waals surface area contributed by atoms with Crippen LogP contribution < -0.4 is 10.2 Å². The molecule has 1 N–H and O–H groups in total. The standard InChI is InChI=1S/C21H26F3N3O3S/c1-12(2)10-30-17(28)8-13-4-6-27(7-5-13)16-9-15(21(22,23)24)19-18(26-16)14(11-31-19)20(29)25-3/h9,11-13H,4-8,10H2,1-3H3,(H,25,29). The molecular weight excluding hydrogens is 431 g/mol. The zero-order valence-electron chi connectivity index (χ0n) is 17.7. The first kappa shape index (κ1) is 23.3. The number of anilines is 1. The number of ether oxygens (including phenoxy) is 1. The van der Waals surface area contributed by atoms with Crippen molar-refractivity contribution in [3.63, 3.8) is 0 Å². The van der Waals surface area contributed by atoms with Crippen molar-refractivity contribution < 1.29 is 27.5 Å². The van der Waals surface area contributed by atoms with Crippen LogP contribution >= 0.6 is 11.3 Å². The number of alkyl halides is 3. The molecule has 0 unspecified atom stereocenters. The van der Waals surface area contributed by atoms with Gasteiger partial charge in [-0.2, -0.15) is 13.2 Å². The molecule has 1 amide bonds. The van der Waals surface area contributed by atoms with Crippen LogP contribution in [0.5, 0.6) is 0 Å². The molecule has 0 saturated carbocycles. The molecule has 1 aliphatic rings. The molecule has 0 bridgehead atoms. The molecule has 0 spiro atoms. The topological polar surface area (TPSA) is 71.5 Å². The highest BCUT2D eigenvalue weighted by Gasteiger charge is 2.36. The van der Waals surface area contributed by atoms with Gasteiger partial charge in [0.15, 0.2) is 0 Å².